The SMILES string of the molecule is Cc1c(=O)oc(-c2ccccc2)c2[nH]c3ccccc3c12. The molecule has 0 atom stereocenters. The van der Waals surface area contributed by atoms with Gasteiger partial charge in [0.25, 0.3) is 0 Å². The molecule has 0 aliphatic carbocycles. The van der Waals surface area contributed by atoms with Gasteiger partial charge in [-0.2, -0.15) is 0 Å². The second-order valence-electron chi connectivity index (χ2n) is 5.13. The van der Waals surface area contributed by atoms with E-state index in [2.05, 4.69) is 4.98 Å². The van der Waals surface area contributed by atoms with Gasteiger partial charge in [-0.05, 0) is 13.0 Å². The summed E-state index contributed by atoms with van der Waals surface area (Å²) >= 11 is 0. The van der Waals surface area contributed by atoms with Crippen LogP contribution >= 0.6 is 0 Å². The van der Waals surface area contributed by atoms with Crippen LogP contribution in [0.1, 0.15) is 5.56 Å². The molecular formula is C18H13NO2. The third kappa shape index (κ3) is 1.71. The fraction of sp³-hybridized carbons (Fsp3) is 0.0556. The number of benzene rings is 2. The number of H-pyrrole nitrogens is 1. The zero-order valence-corrected chi connectivity index (χ0v) is 11.5. The maximum atomic E-state index is 12.2. The lowest BCUT2D eigenvalue weighted by atomic mass is 10.1. The minimum atomic E-state index is -0.286. The number of aromatic amines is 1. The molecule has 4 aromatic rings. The summed E-state index contributed by atoms with van der Waals surface area (Å²) in [5.41, 5.74) is 3.13. The van der Waals surface area contributed by atoms with E-state index in [0.29, 0.717) is 11.3 Å². The second kappa shape index (κ2) is 4.35. The fourth-order valence-electron chi connectivity index (χ4n) is 2.82. The molecule has 0 unspecified atom stereocenters. The summed E-state index contributed by atoms with van der Waals surface area (Å²) in [7, 11) is 0. The quantitative estimate of drug-likeness (QED) is 0.564. The number of rotatable bonds is 1. The summed E-state index contributed by atoms with van der Waals surface area (Å²) < 4.78 is 5.55. The van der Waals surface area contributed by atoms with E-state index in [1.807, 2.05) is 61.5 Å². The van der Waals surface area contributed by atoms with Gasteiger partial charge >= 0.3 is 5.63 Å². The molecule has 1 N–H and O–H groups in total. The largest absolute Gasteiger partial charge is 0.420 e. The van der Waals surface area contributed by atoms with Crippen molar-refractivity contribution in [2.45, 2.75) is 6.92 Å². The summed E-state index contributed by atoms with van der Waals surface area (Å²) in [5.74, 6) is 0.595. The van der Waals surface area contributed by atoms with Crippen molar-refractivity contribution in [2.75, 3.05) is 0 Å². The molecule has 102 valence electrons. The average molecular weight is 275 g/mol. The molecule has 0 saturated carbocycles. The molecule has 0 amide bonds. The Balaban J connectivity index is 2.23. The number of fused-ring (bicyclic) bond motifs is 3. The van der Waals surface area contributed by atoms with Crippen molar-refractivity contribution in [2.24, 2.45) is 0 Å². The zero-order valence-electron chi connectivity index (χ0n) is 11.5. The summed E-state index contributed by atoms with van der Waals surface area (Å²) in [6.45, 7) is 1.81. The Morgan fingerprint density at radius 3 is 2.48 bits per heavy atom. The van der Waals surface area contributed by atoms with Crippen LogP contribution < -0.4 is 5.63 Å². The van der Waals surface area contributed by atoms with E-state index in [4.69, 9.17) is 4.42 Å². The van der Waals surface area contributed by atoms with Crippen molar-refractivity contribution < 1.29 is 4.42 Å². The molecule has 0 radical (unpaired) electrons. The van der Waals surface area contributed by atoms with Crippen molar-refractivity contribution in [3.63, 3.8) is 0 Å². The zero-order chi connectivity index (χ0) is 14.4. The van der Waals surface area contributed by atoms with Gasteiger partial charge in [0.1, 0.15) is 0 Å². The molecule has 2 heterocycles. The molecule has 0 fully saturated rings. The van der Waals surface area contributed by atoms with Gasteiger partial charge in [0, 0.05) is 27.4 Å². The third-order valence-corrected chi connectivity index (χ3v) is 3.85. The van der Waals surface area contributed by atoms with Gasteiger partial charge in [-0.3, -0.25) is 0 Å². The van der Waals surface area contributed by atoms with Crippen LogP contribution in [0.15, 0.2) is 63.8 Å². The maximum Gasteiger partial charge on any atom is 0.339 e. The Bertz CT molecular complexity index is 1010. The fourth-order valence-corrected chi connectivity index (χ4v) is 2.82. The van der Waals surface area contributed by atoms with E-state index in [0.717, 1.165) is 27.4 Å². The highest BCUT2D eigenvalue weighted by molar-refractivity contribution is 6.11. The van der Waals surface area contributed by atoms with E-state index in [9.17, 15) is 4.79 Å². The minimum absolute atomic E-state index is 0.286. The van der Waals surface area contributed by atoms with Gasteiger partial charge in [0.15, 0.2) is 5.76 Å². The van der Waals surface area contributed by atoms with Gasteiger partial charge < -0.3 is 9.40 Å². The van der Waals surface area contributed by atoms with Crippen LogP contribution in [0.2, 0.25) is 0 Å². The number of para-hydroxylation sites is 1. The third-order valence-electron chi connectivity index (χ3n) is 3.85. The van der Waals surface area contributed by atoms with Crippen molar-refractivity contribution in [1.82, 2.24) is 4.98 Å². The molecule has 2 aromatic heterocycles. The van der Waals surface area contributed by atoms with Gasteiger partial charge in [0.2, 0.25) is 0 Å². The van der Waals surface area contributed by atoms with Crippen molar-refractivity contribution in [1.29, 1.82) is 0 Å². The first kappa shape index (κ1) is 12.0. The van der Waals surface area contributed by atoms with Crippen LogP contribution in [0.25, 0.3) is 33.1 Å². The topological polar surface area (TPSA) is 46.0 Å². The lowest BCUT2D eigenvalue weighted by molar-refractivity contribution is 0.526. The monoisotopic (exact) mass is 275 g/mol. The molecular weight excluding hydrogens is 262 g/mol. The summed E-state index contributed by atoms with van der Waals surface area (Å²) in [6, 6.07) is 17.7. The molecule has 21 heavy (non-hydrogen) atoms. The Hall–Kier alpha value is -2.81. The molecule has 3 nitrogen and oxygen atoms in total. The number of aryl methyl sites for hydroxylation is 1. The number of hydrogen-bond donors (Lipinski definition) is 1. The minimum Gasteiger partial charge on any atom is -0.420 e. The molecule has 0 bridgehead atoms. The number of aromatic nitrogens is 1. The number of hydrogen-bond acceptors (Lipinski definition) is 2. The summed E-state index contributed by atoms with van der Waals surface area (Å²) in [6.07, 6.45) is 0. The first-order chi connectivity index (χ1) is 10.3. The smallest absolute Gasteiger partial charge is 0.339 e. The molecule has 0 spiro atoms. The number of nitrogens with one attached hydrogen (secondary N) is 1. The van der Waals surface area contributed by atoms with E-state index in [-0.39, 0.29) is 5.63 Å². The molecule has 0 saturated heterocycles. The van der Waals surface area contributed by atoms with Gasteiger partial charge in [-0.25, -0.2) is 4.79 Å². The highest BCUT2D eigenvalue weighted by atomic mass is 16.4. The lowest BCUT2D eigenvalue weighted by Crippen LogP contribution is -2.04. The Morgan fingerprint density at radius 1 is 0.952 bits per heavy atom. The standard InChI is InChI=1S/C18H13NO2/c1-11-15-13-9-5-6-10-14(13)19-16(15)17(21-18(11)20)12-7-3-2-4-8-12/h2-10,19H,1H3. The van der Waals surface area contributed by atoms with Crippen LogP contribution in [0.4, 0.5) is 0 Å². The van der Waals surface area contributed by atoms with Gasteiger partial charge in [-0.15, -0.1) is 0 Å². The van der Waals surface area contributed by atoms with Crippen molar-refractivity contribution in [3.8, 4) is 11.3 Å². The van der Waals surface area contributed by atoms with E-state index in [1.165, 1.54) is 0 Å². The first-order valence-electron chi connectivity index (χ1n) is 6.85. The van der Waals surface area contributed by atoms with Crippen LogP contribution in [0, 0.1) is 6.92 Å². The van der Waals surface area contributed by atoms with E-state index >= 15 is 0 Å². The van der Waals surface area contributed by atoms with Crippen LogP contribution in [0.5, 0.6) is 0 Å². The normalized spacial score (nSPS) is 11.3. The average Bonchev–Trinajstić information content (AvgIpc) is 2.91. The molecule has 0 aliphatic rings. The summed E-state index contributed by atoms with van der Waals surface area (Å²) in [4.78, 5) is 15.6. The summed E-state index contributed by atoms with van der Waals surface area (Å²) in [5, 5.41) is 2.00. The van der Waals surface area contributed by atoms with Gasteiger partial charge in [0.05, 0.1) is 5.52 Å². The molecule has 4 rings (SSSR count). The van der Waals surface area contributed by atoms with E-state index < -0.39 is 0 Å². The highest BCUT2D eigenvalue weighted by Crippen LogP contribution is 2.33. The van der Waals surface area contributed by atoms with Crippen molar-refractivity contribution in [3.05, 3.63) is 70.6 Å². The predicted molar refractivity (Wildman–Crippen MR) is 84.5 cm³/mol. The Morgan fingerprint density at radius 2 is 1.67 bits per heavy atom. The van der Waals surface area contributed by atoms with Gasteiger partial charge in [-0.1, -0.05) is 48.5 Å². The molecule has 0 aliphatic heterocycles. The lowest BCUT2D eigenvalue weighted by Gasteiger charge is -2.03. The predicted octanol–water partition coefficient (Wildman–Crippen LogP) is 4.25. The Kier molecular flexibility index (Phi) is 2.48. The second-order valence-corrected chi connectivity index (χ2v) is 5.13. The van der Waals surface area contributed by atoms with Crippen LogP contribution in [-0.4, -0.2) is 4.98 Å². The first-order valence-corrected chi connectivity index (χ1v) is 6.85. The molecule has 3 heteroatoms. The van der Waals surface area contributed by atoms with E-state index in [1.54, 1.807) is 0 Å². The highest BCUT2D eigenvalue weighted by Gasteiger charge is 2.16. The van der Waals surface area contributed by atoms with Crippen molar-refractivity contribution >= 4 is 21.8 Å². The maximum absolute atomic E-state index is 12.2. The van der Waals surface area contributed by atoms with Crippen LogP contribution in [0.3, 0.4) is 0 Å². The molecule has 2 aromatic carbocycles. The Labute approximate surface area is 120 Å². The van der Waals surface area contributed by atoms with Crippen LogP contribution in [-0.2, 0) is 0 Å².